The van der Waals surface area contributed by atoms with Gasteiger partial charge in [-0.2, -0.15) is 0 Å². The summed E-state index contributed by atoms with van der Waals surface area (Å²) >= 11 is 1.79. The van der Waals surface area contributed by atoms with Gasteiger partial charge in [-0.25, -0.2) is 4.79 Å². The quantitative estimate of drug-likeness (QED) is 0.539. The maximum Gasteiger partial charge on any atom is 0.323 e. The molecule has 1 fully saturated rings. The molecule has 1 saturated heterocycles. The SMILES string of the molecule is Cc1cccc(C)c1NC(=O)N1CCS[C@H]1c1ccc(OCc2ccccc2)cc1. The molecule has 3 aromatic carbocycles. The molecule has 154 valence electrons. The maximum atomic E-state index is 13.0. The molecule has 1 N–H and O–H groups in total. The third kappa shape index (κ3) is 4.62. The van der Waals surface area contributed by atoms with Crippen molar-refractivity contribution in [2.24, 2.45) is 0 Å². The second-order valence-electron chi connectivity index (χ2n) is 7.46. The van der Waals surface area contributed by atoms with Crippen LogP contribution in [0, 0.1) is 13.8 Å². The highest BCUT2D eigenvalue weighted by Crippen LogP contribution is 2.39. The number of amides is 2. The lowest BCUT2D eigenvalue weighted by molar-refractivity contribution is 0.214. The highest BCUT2D eigenvalue weighted by Gasteiger charge is 2.31. The van der Waals surface area contributed by atoms with Crippen LogP contribution >= 0.6 is 11.8 Å². The minimum Gasteiger partial charge on any atom is -0.489 e. The molecule has 0 radical (unpaired) electrons. The van der Waals surface area contributed by atoms with Gasteiger partial charge < -0.3 is 15.0 Å². The number of thioether (sulfide) groups is 1. The lowest BCUT2D eigenvalue weighted by Crippen LogP contribution is -2.34. The highest BCUT2D eigenvalue weighted by molar-refractivity contribution is 7.99. The molecule has 4 nitrogen and oxygen atoms in total. The number of anilines is 1. The van der Waals surface area contributed by atoms with Crippen molar-refractivity contribution in [3.63, 3.8) is 0 Å². The number of carbonyl (C=O) groups is 1. The Labute approximate surface area is 182 Å². The Bertz CT molecular complexity index is 985. The standard InChI is InChI=1S/C25H26N2O2S/c1-18-7-6-8-19(2)23(18)26-25(28)27-15-16-30-24(27)21-11-13-22(14-12-21)29-17-20-9-4-3-5-10-20/h3-14,24H,15-17H2,1-2H3,(H,26,28)/t24-/m0/s1. The molecule has 2 amide bonds. The van der Waals surface area contributed by atoms with Crippen molar-refractivity contribution in [3.05, 3.63) is 95.1 Å². The molecule has 1 aliphatic heterocycles. The van der Waals surface area contributed by atoms with E-state index in [0.29, 0.717) is 6.61 Å². The van der Waals surface area contributed by atoms with Gasteiger partial charge in [0.05, 0.1) is 0 Å². The lowest BCUT2D eigenvalue weighted by Gasteiger charge is -2.25. The van der Waals surface area contributed by atoms with Crippen LogP contribution in [0.15, 0.2) is 72.8 Å². The predicted octanol–water partition coefficient (Wildman–Crippen LogP) is 6.16. The monoisotopic (exact) mass is 418 g/mol. The molecule has 30 heavy (non-hydrogen) atoms. The molecule has 4 rings (SSSR count). The number of para-hydroxylation sites is 1. The number of carbonyl (C=O) groups excluding carboxylic acids is 1. The molecule has 0 unspecified atom stereocenters. The Morgan fingerprint density at radius 1 is 1.00 bits per heavy atom. The Morgan fingerprint density at radius 2 is 1.70 bits per heavy atom. The lowest BCUT2D eigenvalue weighted by atomic mass is 10.1. The topological polar surface area (TPSA) is 41.6 Å². The van der Waals surface area contributed by atoms with E-state index in [1.165, 1.54) is 0 Å². The van der Waals surface area contributed by atoms with Crippen LogP contribution in [0.25, 0.3) is 0 Å². The number of rotatable bonds is 5. The van der Waals surface area contributed by atoms with Crippen LogP contribution in [0.3, 0.4) is 0 Å². The highest BCUT2D eigenvalue weighted by atomic mass is 32.2. The zero-order chi connectivity index (χ0) is 20.9. The Balaban J connectivity index is 1.42. The zero-order valence-corrected chi connectivity index (χ0v) is 18.1. The predicted molar refractivity (Wildman–Crippen MR) is 124 cm³/mol. The molecule has 0 aliphatic carbocycles. The van der Waals surface area contributed by atoms with Gasteiger partial charge >= 0.3 is 6.03 Å². The summed E-state index contributed by atoms with van der Waals surface area (Å²) < 4.78 is 5.89. The van der Waals surface area contributed by atoms with Crippen LogP contribution in [-0.2, 0) is 6.61 Å². The molecule has 3 aromatic rings. The van der Waals surface area contributed by atoms with E-state index in [1.807, 2.05) is 67.3 Å². The summed E-state index contributed by atoms with van der Waals surface area (Å²) in [6, 6.07) is 24.2. The van der Waals surface area contributed by atoms with Crippen LogP contribution < -0.4 is 10.1 Å². The van der Waals surface area contributed by atoms with E-state index >= 15 is 0 Å². The van der Waals surface area contributed by atoms with Gasteiger partial charge in [0.15, 0.2) is 0 Å². The first kappa shape index (κ1) is 20.4. The smallest absolute Gasteiger partial charge is 0.323 e. The third-order valence-corrected chi connectivity index (χ3v) is 6.54. The number of hydrogen-bond acceptors (Lipinski definition) is 3. The van der Waals surface area contributed by atoms with Crippen LogP contribution in [-0.4, -0.2) is 23.2 Å². The summed E-state index contributed by atoms with van der Waals surface area (Å²) in [6.07, 6.45) is 0. The van der Waals surface area contributed by atoms with Gasteiger partial charge in [0, 0.05) is 18.0 Å². The molecule has 0 saturated carbocycles. The van der Waals surface area contributed by atoms with E-state index in [0.717, 1.165) is 46.0 Å². The van der Waals surface area contributed by atoms with Gasteiger partial charge in [0.25, 0.3) is 0 Å². The number of hydrogen-bond donors (Lipinski definition) is 1. The Morgan fingerprint density at radius 3 is 2.40 bits per heavy atom. The first-order valence-corrected chi connectivity index (χ1v) is 11.2. The minimum absolute atomic E-state index is 0.0116. The van der Waals surface area contributed by atoms with Crippen LogP contribution in [0.2, 0.25) is 0 Å². The normalized spacial score (nSPS) is 15.8. The number of ether oxygens (including phenoxy) is 1. The number of nitrogens with one attached hydrogen (secondary N) is 1. The molecular formula is C25H26N2O2S. The fourth-order valence-corrected chi connectivity index (χ4v) is 4.87. The molecule has 5 heteroatoms. The first-order chi connectivity index (χ1) is 14.6. The van der Waals surface area contributed by atoms with E-state index in [2.05, 4.69) is 29.6 Å². The molecular weight excluding hydrogens is 392 g/mol. The van der Waals surface area contributed by atoms with Crippen molar-refractivity contribution in [1.29, 1.82) is 0 Å². The number of urea groups is 1. The zero-order valence-electron chi connectivity index (χ0n) is 17.3. The van der Waals surface area contributed by atoms with Gasteiger partial charge in [-0.05, 0) is 48.2 Å². The summed E-state index contributed by atoms with van der Waals surface area (Å²) in [5.41, 5.74) is 5.31. The van der Waals surface area contributed by atoms with Gasteiger partial charge in [-0.1, -0.05) is 60.7 Å². The molecule has 1 aliphatic rings. The first-order valence-electron chi connectivity index (χ1n) is 10.1. The Hall–Kier alpha value is -2.92. The van der Waals surface area contributed by atoms with E-state index < -0.39 is 0 Å². The van der Waals surface area contributed by atoms with Gasteiger partial charge in [0.1, 0.15) is 17.7 Å². The van der Waals surface area contributed by atoms with E-state index in [9.17, 15) is 4.79 Å². The van der Waals surface area contributed by atoms with Crippen molar-refractivity contribution in [2.45, 2.75) is 25.8 Å². The molecule has 1 heterocycles. The van der Waals surface area contributed by atoms with E-state index in [4.69, 9.17) is 4.74 Å². The largest absolute Gasteiger partial charge is 0.489 e. The second-order valence-corrected chi connectivity index (χ2v) is 8.64. The summed E-state index contributed by atoms with van der Waals surface area (Å²) in [4.78, 5) is 14.9. The third-order valence-electron chi connectivity index (χ3n) is 5.28. The average molecular weight is 419 g/mol. The fourth-order valence-electron chi connectivity index (χ4n) is 3.61. The fraction of sp³-hybridized carbons (Fsp3) is 0.240. The van der Waals surface area contributed by atoms with Crippen molar-refractivity contribution < 1.29 is 9.53 Å². The molecule has 0 spiro atoms. The van der Waals surface area contributed by atoms with Gasteiger partial charge in [-0.15, -0.1) is 11.8 Å². The van der Waals surface area contributed by atoms with E-state index in [-0.39, 0.29) is 11.4 Å². The summed E-state index contributed by atoms with van der Waals surface area (Å²) in [7, 11) is 0. The van der Waals surface area contributed by atoms with Crippen molar-refractivity contribution in [3.8, 4) is 5.75 Å². The van der Waals surface area contributed by atoms with Crippen LogP contribution in [0.1, 0.15) is 27.6 Å². The summed E-state index contributed by atoms with van der Waals surface area (Å²) in [6.45, 7) is 5.32. The Kier molecular flexibility index (Phi) is 6.29. The summed E-state index contributed by atoms with van der Waals surface area (Å²) in [5.74, 6) is 1.76. The van der Waals surface area contributed by atoms with Gasteiger partial charge in [0.2, 0.25) is 0 Å². The number of benzene rings is 3. The van der Waals surface area contributed by atoms with Crippen molar-refractivity contribution >= 4 is 23.5 Å². The van der Waals surface area contributed by atoms with Crippen molar-refractivity contribution in [1.82, 2.24) is 4.90 Å². The van der Waals surface area contributed by atoms with Crippen molar-refractivity contribution in [2.75, 3.05) is 17.6 Å². The van der Waals surface area contributed by atoms with Gasteiger partial charge in [-0.3, -0.25) is 0 Å². The molecule has 0 bridgehead atoms. The minimum atomic E-state index is -0.0493. The maximum absolute atomic E-state index is 13.0. The van der Waals surface area contributed by atoms with E-state index in [1.54, 1.807) is 11.8 Å². The molecule has 0 aromatic heterocycles. The number of aryl methyl sites for hydroxylation is 2. The van der Waals surface area contributed by atoms with Crippen LogP contribution in [0.5, 0.6) is 5.75 Å². The average Bonchev–Trinajstić information content (AvgIpc) is 3.26. The second kappa shape index (κ2) is 9.26. The molecule has 1 atom stereocenters. The summed E-state index contributed by atoms with van der Waals surface area (Å²) in [5, 5.41) is 3.13. The van der Waals surface area contributed by atoms with Crippen LogP contribution in [0.4, 0.5) is 10.5 Å². The number of nitrogens with zero attached hydrogens (tertiary/aromatic N) is 1.